The molecule has 0 bridgehead atoms. The fourth-order valence-corrected chi connectivity index (χ4v) is 3.17. The van der Waals surface area contributed by atoms with E-state index in [0.717, 1.165) is 25.7 Å². The van der Waals surface area contributed by atoms with E-state index in [9.17, 15) is 4.79 Å². The van der Waals surface area contributed by atoms with Crippen molar-refractivity contribution >= 4 is 11.6 Å². The molecule has 0 unspecified atom stereocenters. The number of anilines is 1. The van der Waals surface area contributed by atoms with Gasteiger partial charge in [-0.15, -0.1) is 0 Å². The number of carbonyl (C=O) groups excluding carboxylic acids is 1. The number of benzene rings is 1. The molecule has 2 aliphatic rings. The molecule has 1 heterocycles. The monoisotopic (exact) mass is 335 g/mol. The highest BCUT2D eigenvalue weighted by Crippen LogP contribution is 2.41. The van der Waals surface area contributed by atoms with Gasteiger partial charge < -0.3 is 24.3 Å². The number of methoxy groups -OCH3 is 2. The van der Waals surface area contributed by atoms with Gasteiger partial charge in [-0.05, 0) is 31.9 Å². The molecule has 0 radical (unpaired) electrons. The third kappa shape index (κ3) is 3.21. The molecule has 1 aliphatic carbocycles. The van der Waals surface area contributed by atoms with Crippen LogP contribution in [0.15, 0.2) is 18.2 Å². The van der Waals surface area contributed by atoms with E-state index in [4.69, 9.17) is 18.9 Å². The van der Waals surface area contributed by atoms with Crippen LogP contribution in [0.5, 0.6) is 11.5 Å². The Balaban J connectivity index is 1.68. The number of carbonyl (C=O) groups is 1. The lowest BCUT2D eigenvalue weighted by Gasteiger charge is -2.42. The van der Waals surface area contributed by atoms with Crippen LogP contribution in [0, 0.1) is 5.41 Å². The van der Waals surface area contributed by atoms with E-state index in [1.165, 1.54) is 0 Å². The SMILES string of the molecule is COc1ccc(NC(=O)C2(C)COC3(CCCC3)OC2)c(OC)c1. The van der Waals surface area contributed by atoms with Gasteiger partial charge in [-0.3, -0.25) is 4.79 Å². The summed E-state index contributed by atoms with van der Waals surface area (Å²) in [5.41, 5.74) is -0.121. The molecule has 1 N–H and O–H groups in total. The van der Waals surface area contributed by atoms with Crippen molar-refractivity contribution < 1.29 is 23.7 Å². The van der Waals surface area contributed by atoms with Crippen LogP contribution in [-0.2, 0) is 14.3 Å². The zero-order chi connectivity index (χ0) is 17.2. The van der Waals surface area contributed by atoms with Gasteiger partial charge in [-0.2, -0.15) is 0 Å². The van der Waals surface area contributed by atoms with Crippen LogP contribution in [0.25, 0.3) is 0 Å². The molecule has 1 amide bonds. The summed E-state index contributed by atoms with van der Waals surface area (Å²) >= 11 is 0. The minimum Gasteiger partial charge on any atom is -0.497 e. The second-order valence-corrected chi connectivity index (χ2v) is 6.78. The smallest absolute Gasteiger partial charge is 0.235 e. The summed E-state index contributed by atoms with van der Waals surface area (Å²) in [6.45, 7) is 2.58. The van der Waals surface area contributed by atoms with Gasteiger partial charge in [0.2, 0.25) is 5.91 Å². The van der Waals surface area contributed by atoms with Gasteiger partial charge in [0.1, 0.15) is 11.5 Å². The fraction of sp³-hybridized carbons (Fsp3) is 0.611. The summed E-state index contributed by atoms with van der Waals surface area (Å²) in [6.07, 6.45) is 4.06. The lowest BCUT2D eigenvalue weighted by molar-refractivity contribution is -0.291. The van der Waals surface area contributed by atoms with Crippen molar-refractivity contribution in [1.82, 2.24) is 0 Å². The first-order valence-electron chi connectivity index (χ1n) is 8.32. The molecule has 2 fully saturated rings. The average Bonchev–Trinajstić information content (AvgIpc) is 3.07. The summed E-state index contributed by atoms with van der Waals surface area (Å²) in [6, 6.07) is 5.28. The van der Waals surface area contributed by atoms with Gasteiger partial charge in [0.25, 0.3) is 0 Å². The molecule has 0 aromatic heterocycles. The first kappa shape index (κ1) is 17.0. The molecule has 1 saturated heterocycles. The second-order valence-electron chi connectivity index (χ2n) is 6.78. The summed E-state index contributed by atoms with van der Waals surface area (Å²) in [7, 11) is 3.15. The summed E-state index contributed by atoms with van der Waals surface area (Å²) in [5.74, 6) is 0.621. The maximum absolute atomic E-state index is 12.8. The number of hydrogen-bond donors (Lipinski definition) is 1. The Morgan fingerprint density at radius 3 is 2.38 bits per heavy atom. The van der Waals surface area contributed by atoms with E-state index in [1.54, 1.807) is 32.4 Å². The number of nitrogens with one attached hydrogen (secondary N) is 1. The van der Waals surface area contributed by atoms with Crippen molar-refractivity contribution in [3.8, 4) is 11.5 Å². The number of hydrogen-bond acceptors (Lipinski definition) is 5. The van der Waals surface area contributed by atoms with E-state index in [-0.39, 0.29) is 5.91 Å². The first-order chi connectivity index (χ1) is 11.5. The Hall–Kier alpha value is -1.79. The molecule has 1 aromatic carbocycles. The van der Waals surface area contributed by atoms with Crippen LogP contribution in [0.3, 0.4) is 0 Å². The molecule has 132 valence electrons. The molecule has 0 atom stereocenters. The predicted octanol–water partition coefficient (Wildman–Crippen LogP) is 2.97. The maximum Gasteiger partial charge on any atom is 0.235 e. The van der Waals surface area contributed by atoms with Gasteiger partial charge in [0.15, 0.2) is 5.79 Å². The van der Waals surface area contributed by atoms with Crippen molar-refractivity contribution in [3.63, 3.8) is 0 Å². The lowest BCUT2D eigenvalue weighted by atomic mass is 9.90. The van der Waals surface area contributed by atoms with Crippen molar-refractivity contribution in [1.29, 1.82) is 0 Å². The Kier molecular flexibility index (Phi) is 4.69. The van der Waals surface area contributed by atoms with Crippen LogP contribution < -0.4 is 14.8 Å². The molecule has 1 aromatic rings. The second kappa shape index (κ2) is 6.61. The Morgan fingerprint density at radius 2 is 1.79 bits per heavy atom. The molecular formula is C18H25NO5. The normalized spacial score (nSPS) is 21.5. The quantitative estimate of drug-likeness (QED) is 0.916. The van der Waals surface area contributed by atoms with Crippen molar-refractivity contribution in [2.75, 3.05) is 32.8 Å². The molecular weight excluding hydrogens is 310 g/mol. The van der Waals surface area contributed by atoms with E-state index in [0.29, 0.717) is 30.4 Å². The lowest BCUT2D eigenvalue weighted by Crippen LogP contribution is -2.52. The average molecular weight is 335 g/mol. The van der Waals surface area contributed by atoms with Crippen molar-refractivity contribution in [3.05, 3.63) is 18.2 Å². The summed E-state index contributed by atoms with van der Waals surface area (Å²) in [5, 5.41) is 2.92. The Morgan fingerprint density at radius 1 is 1.12 bits per heavy atom. The van der Waals surface area contributed by atoms with Crippen molar-refractivity contribution in [2.24, 2.45) is 5.41 Å². The third-order valence-electron chi connectivity index (χ3n) is 4.88. The standard InChI is InChI=1S/C18H25NO5/c1-17(11-23-18(24-12-17)8-4-5-9-18)16(20)19-14-7-6-13(21-2)10-15(14)22-3/h6-7,10H,4-5,8-9,11-12H2,1-3H3,(H,19,20). The molecule has 1 saturated carbocycles. The van der Waals surface area contributed by atoms with E-state index >= 15 is 0 Å². The Bertz CT molecular complexity index is 599. The maximum atomic E-state index is 12.8. The van der Waals surface area contributed by atoms with Crippen molar-refractivity contribution in [2.45, 2.75) is 38.4 Å². The van der Waals surface area contributed by atoms with Gasteiger partial charge in [0.05, 0.1) is 38.5 Å². The first-order valence-corrected chi connectivity index (χ1v) is 8.32. The van der Waals surface area contributed by atoms with Gasteiger partial charge in [-0.1, -0.05) is 0 Å². The summed E-state index contributed by atoms with van der Waals surface area (Å²) in [4.78, 5) is 12.8. The van der Waals surface area contributed by atoms with Crippen LogP contribution in [-0.4, -0.2) is 39.1 Å². The molecule has 6 nitrogen and oxygen atoms in total. The molecule has 1 aliphatic heterocycles. The van der Waals surface area contributed by atoms with Gasteiger partial charge in [-0.25, -0.2) is 0 Å². The van der Waals surface area contributed by atoms with E-state index < -0.39 is 11.2 Å². The number of rotatable bonds is 4. The van der Waals surface area contributed by atoms with E-state index in [2.05, 4.69) is 5.32 Å². The summed E-state index contributed by atoms with van der Waals surface area (Å²) < 4.78 is 22.4. The third-order valence-corrected chi connectivity index (χ3v) is 4.88. The number of amides is 1. The zero-order valence-electron chi connectivity index (χ0n) is 14.5. The minimum absolute atomic E-state index is 0.140. The molecule has 3 rings (SSSR count). The van der Waals surface area contributed by atoms with E-state index in [1.807, 2.05) is 6.92 Å². The van der Waals surface area contributed by atoms with Gasteiger partial charge >= 0.3 is 0 Å². The largest absolute Gasteiger partial charge is 0.497 e. The van der Waals surface area contributed by atoms with Gasteiger partial charge in [0, 0.05) is 18.9 Å². The molecule has 6 heteroatoms. The minimum atomic E-state index is -0.723. The van der Waals surface area contributed by atoms with Crippen LogP contribution >= 0.6 is 0 Å². The fourth-order valence-electron chi connectivity index (χ4n) is 3.17. The van der Waals surface area contributed by atoms with Crippen LogP contribution in [0.1, 0.15) is 32.6 Å². The van der Waals surface area contributed by atoms with Crippen LogP contribution in [0.2, 0.25) is 0 Å². The topological polar surface area (TPSA) is 66.0 Å². The molecule has 1 spiro atoms. The van der Waals surface area contributed by atoms with Crippen LogP contribution in [0.4, 0.5) is 5.69 Å². The number of ether oxygens (including phenoxy) is 4. The molecule has 24 heavy (non-hydrogen) atoms. The Labute approximate surface area is 142 Å². The highest BCUT2D eigenvalue weighted by molar-refractivity contribution is 5.96. The zero-order valence-corrected chi connectivity index (χ0v) is 14.5. The highest BCUT2D eigenvalue weighted by Gasteiger charge is 2.47. The predicted molar refractivity (Wildman–Crippen MR) is 89.4 cm³/mol. The highest BCUT2D eigenvalue weighted by atomic mass is 16.7.